The molecule has 0 amide bonds. The predicted octanol–water partition coefficient (Wildman–Crippen LogP) is 3.86. The minimum Gasteiger partial charge on any atom is -0.393 e. The molecular formula is C14H28O. The first-order valence-electron chi connectivity index (χ1n) is 6.67. The molecule has 0 bridgehead atoms. The zero-order valence-corrected chi connectivity index (χ0v) is 10.9. The van der Waals surface area contributed by atoms with Crippen molar-refractivity contribution in [2.45, 2.75) is 65.9 Å². The third-order valence-electron chi connectivity index (χ3n) is 3.92. The standard InChI is InChI=1S/C14H28O/c1-10(2)14(15)6-5-13-8-11(3)7-12(4)9-13/h10-15H,5-9H2,1-4H3. The lowest BCUT2D eigenvalue weighted by molar-refractivity contribution is 0.0983. The first-order valence-corrected chi connectivity index (χ1v) is 6.67. The van der Waals surface area contributed by atoms with Gasteiger partial charge in [0, 0.05) is 0 Å². The molecule has 0 radical (unpaired) electrons. The molecule has 1 nitrogen and oxygen atoms in total. The van der Waals surface area contributed by atoms with Crippen molar-refractivity contribution in [3.8, 4) is 0 Å². The number of aliphatic hydroxyl groups is 1. The summed E-state index contributed by atoms with van der Waals surface area (Å²) in [5.74, 6) is 3.09. The fourth-order valence-corrected chi connectivity index (χ4v) is 3.09. The Morgan fingerprint density at radius 1 is 1.07 bits per heavy atom. The summed E-state index contributed by atoms with van der Waals surface area (Å²) in [6.45, 7) is 8.97. The van der Waals surface area contributed by atoms with Gasteiger partial charge in [-0.3, -0.25) is 0 Å². The molecule has 0 heterocycles. The van der Waals surface area contributed by atoms with Gasteiger partial charge < -0.3 is 5.11 Å². The van der Waals surface area contributed by atoms with Crippen molar-refractivity contribution in [1.82, 2.24) is 0 Å². The molecule has 3 atom stereocenters. The zero-order valence-electron chi connectivity index (χ0n) is 10.9. The van der Waals surface area contributed by atoms with Gasteiger partial charge in [-0.25, -0.2) is 0 Å². The van der Waals surface area contributed by atoms with Gasteiger partial charge in [0.1, 0.15) is 0 Å². The van der Waals surface area contributed by atoms with E-state index in [0.29, 0.717) is 5.92 Å². The molecular weight excluding hydrogens is 184 g/mol. The van der Waals surface area contributed by atoms with E-state index >= 15 is 0 Å². The Labute approximate surface area is 95.3 Å². The molecule has 1 aliphatic rings. The molecule has 0 spiro atoms. The monoisotopic (exact) mass is 212 g/mol. The maximum absolute atomic E-state index is 9.79. The van der Waals surface area contributed by atoms with Crippen LogP contribution in [0.2, 0.25) is 0 Å². The van der Waals surface area contributed by atoms with Crippen LogP contribution in [0.3, 0.4) is 0 Å². The van der Waals surface area contributed by atoms with E-state index in [4.69, 9.17) is 0 Å². The molecule has 0 saturated heterocycles. The van der Waals surface area contributed by atoms with Crippen LogP contribution >= 0.6 is 0 Å². The molecule has 1 saturated carbocycles. The molecule has 1 fully saturated rings. The summed E-state index contributed by atoms with van der Waals surface area (Å²) in [6, 6.07) is 0. The second-order valence-electron chi connectivity index (χ2n) is 6.17. The van der Waals surface area contributed by atoms with Crippen LogP contribution in [0.1, 0.15) is 59.8 Å². The zero-order chi connectivity index (χ0) is 11.4. The van der Waals surface area contributed by atoms with Gasteiger partial charge in [0.15, 0.2) is 0 Å². The summed E-state index contributed by atoms with van der Waals surface area (Å²) in [5, 5.41) is 9.79. The SMILES string of the molecule is CC1CC(C)CC(CCC(O)C(C)C)C1. The minimum absolute atomic E-state index is 0.0856. The molecule has 15 heavy (non-hydrogen) atoms. The van der Waals surface area contributed by atoms with E-state index in [0.717, 1.165) is 24.2 Å². The molecule has 90 valence electrons. The van der Waals surface area contributed by atoms with Gasteiger partial charge in [-0.05, 0) is 55.8 Å². The number of aliphatic hydroxyl groups excluding tert-OH is 1. The van der Waals surface area contributed by atoms with Gasteiger partial charge in [0.25, 0.3) is 0 Å². The molecule has 0 aromatic heterocycles. The Bertz CT molecular complexity index is 166. The predicted molar refractivity (Wildman–Crippen MR) is 65.7 cm³/mol. The van der Waals surface area contributed by atoms with Crippen LogP contribution in [0.15, 0.2) is 0 Å². The minimum atomic E-state index is -0.0856. The third kappa shape index (κ3) is 4.55. The summed E-state index contributed by atoms with van der Waals surface area (Å²) >= 11 is 0. The Morgan fingerprint density at radius 3 is 2.07 bits per heavy atom. The van der Waals surface area contributed by atoms with Gasteiger partial charge in [-0.2, -0.15) is 0 Å². The van der Waals surface area contributed by atoms with Crippen molar-refractivity contribution in [2.24, 2.45) is 23.7 Å². The molecule has 1 aliphatic carbocycles. The van der Waals surface area contributed by atoms with Crippen molar-refractivity contribution in [3.63, 3.8) is 0 Å². The maximum Gasteiger partial charge on any atom is 0.0563 e. The second kappa shape index (κ2) is 5.89. The maximum atomic E-state index is 9.79. The van der Waals surface area contributed by atoms with Crippen LogP contribution in [-0.2, 0) is 0 Å². The molecule has 1 heteroatoms. The van der Waals surface area contributed by atoms with Gasteiger partial charge in [-0.1, -0.05) is 27.7 Å². The summed E-state index contributed by atoms with van der Waals surface area (Å²) < 4.78 is 0. The summed E-state index contributed by atoms with van der Waals surface area (Å²) in [4.78, 5) is 0. The Balaban J connectivity index is 2.26. The van der Waals surface area contributed by atoms with E-state index in [1.807, 2.05) is 0 Å². The summed E-state index contributed by atoms with van der Waals surface area (Å²) in [6.07, 6.45) is 6.32. The van der Waals surface area contributed by atoms with Crippen molar-refractivity contribution in [2.75, 3.05) is 0 Å². The first-order chi connectivity index (χ1) is 6.99. The lowest BCUT2D eigenvalue weighted by Gasteiger charge is -2.32. The lowest BCUT2D eigenvalue weighted by Crippen LogP contribution is -2.22. The second-order valence-corrected chi connectivity index (χ2v) is 6.17. The van der Waals surface area contributed by atoms with E-state index in [2.05, 4.69) is 27.7 Å². The van der Waals surface area contributed by atoms with E-state index in [1.54, 1.807) is 0 Å². The van der Waals surface area contributed by atoms with E-state index < -0.39 is 0 Å². The highest BCUT2D eigenvalue weighted by Crippen LogP contribution is 2.35. The van der Waals surface area contributed by atoms with Crippen LogP contribution < -0.4 is 0 Å². The largest absolute Gasteiger partial charge is 0.393 e. The molecule has 1 rings (SSSR count). The highest BCUT2D eigenvalue weighted by Gasteiger charge is 2.24. The number of rotatable bonds is 4. The average Bonchev–Trinajstić information content (AvgIpc) is 2.12. The van der Waals surface area contributed by atoms with Crippen LogP contribution in [0.4, 0.5) is 0 Å². The smallest absolute Gasteiger partial charge is 0.0563 e. The van der Waals surface area contributed by atoms with Crippen molar-refractivity contribution in [1.29, 1.82) is 0 Å². The highest BCUT2D eigenvalue weighted by atomic mass is 16.3. The van der Waals surface area contributed by atoms with E-state index in [1.165, 1.54) is 25.7 Å². The number of hydrogen-bond donors (Lipinski definition) is 1. The molecule has 3 unspecified atom stereocenters. The normalized spacial score (nSPS) is 34.4. The van der Waals surface area contributed by atoms with Crippen LogP contribution in [-0.4, -0.2) is 11.2 Å². The van der Waals surface area contributed by atoms with Crippen LogP contribution in [0, 0.1) is 23.7 Å². The Morgan fingerprint density at radius 2 is 1.60 bits per heavy atom. The number of hydrogen-bond acceptors (Lipinski definition) is 1. The fraction of sp³-hybridized carbons (Fsp3) is 1.00. The van der Waals surface area contributed by atoms with Crippen molar-refractivity contribution < 1.29 is 5.11 Å². The fourth-order valence-electron chi connectivity index (χ4n) is 3.09. The lowest BCUT2D eigenvalue weighted by atomic mass is 9.74. The Kier molecular flexibility index (Phi) is 5.11. The van der Waals surface area contributed by atoms with Crippen molar-refractivity contribution in [3.05, 3.63) is 0 Å². The average molecular weight is 212 g/mol. The van der Waals surface area contributed by atoms with E-state index in [9.17, 15) is 5.11 Å². The third-order valence-corrected chi connectivity index (χ3v) is 3.92. The topological polar surface area (TPSA) is 20.2 Å². The van der Waals surface area contributed by atoms with E-state index in [-0.39, 0.29) is 6.10 Å². The molecule has 0 aromatic rings. The van der Waals surface area contributed by atoms with Crippen LogP contribution in [0.25, 0.3) is 0 Å². The highest BCUT2D eigenvalue weighted by molar-refractivity contribution is 4.76. The van der Waals surface area contributed by atoms with Gasteiger partial charge >= 0.3 is 0 Å². The molecule has 0 aliphatic heterocycles. The quantitative estimate of drug-likeness (QED) is 0.750. The first kappa shape index (κ1) is 13.0. The van der Waals surface area contributed by atoms with Crippen molar-refractivity contribution >= 4 is 0 Å². The van der Waals surface area contributed by atoms with Gasteiger partial charge in [-0.15, -0.1) is 0 Å². The van der Waals surface area contributed by atoms with Gasteiger partial charge in [0.2, 0.25) is 0 Å². The van der Waals surface area contributed by atoms with Gasteiger partial charge in [0.05, 0.1) is 6.10 Å². The van der Waals surface area contributed by atoms with Crippen LogP contribution in [0.5, 0.6) is 0 Å². The molecule has 0 aromatic carbocycles. The summed E-state index contributed by atoms with van der Waals surface area (Å²) in [5.41, 5.74) is 0. The Hall–Kier alpha value is -0.0400. The summed E-state index contributed by atoms with van der Waals surface area (Å²) in [7, 11) is 0. The molecule has 1 N–H and O–H groups in total.